The van der Waals surface area contributed by atoms with Crippen molar-refractivity contribution in [3.05, 3.63) is 23.8 Å². The van der Waals surface area contributed by atoms with E-state index in [0.29, 0.717) is 29.5 Å². The molecule has 2 nitrogen and oxygen atoms in total. The minimum absolute atomic E-state index is 0.00477. The lowest BCUT2D eigenvalue weighted by Gasteiger charge is -2.43. The fourth-order valence-corrected chi connectivity index (χ4v) is 4.47. The van der Waals surface area contributed by atoms with Crippen LogP contribution in [-0.2, 0) is 9.59 Å². The van der Waals surface area contributed by atoms with E-state index < -0.39 is 0 Å². The number of carbonyl (C=O) groups is 2. The second-order valence-electron chi connectivity index (χ2n) is 6.16. The number of carbonyl (C=O) groups excluding carboxylic acids is 2. The standard InChI is InChI=1S/C15H16O2/c1-8(16)9-6-10-12-2-3-13(15(12)4-5-15)11(7-9)14(10)17/h2-3,6,10-13H,4-5,7H2,1H3/t10-,11-,12+,13-/m1/s1. The summed E-state index contributed by atoms with van der Waals surface area (Å²) in [5.74, 6) is 1.47. The molecular formula is C15H16O2. The summed E-state index contributed by atoms with van der Waals surface area (Å²) in [4.78, 5) is 23.9. The molecule has 1 spiro atoms. The van der Waals surface area contributed by atoms with Gasteiger partial charge in [-0.05, 0) is 49.0 Å². The normalized spacial score (nSPS) is 43.8. The zero-order valence-electron chi connectivity index (χ0n) is 9.98. The van der Waals surface area contributed by atoms with Crippen molar-refractivity contribution in [1.82, 2.24) is 0 Å². The van der Waals surface area contributed by atoms with Gasteiger partial charge in [-0.2, -0.15) is 0 Å². The van der Waals surface area contributed by atoms with Crippen molar-refractivity contribution in [3.8, 4) is 0 Å². The van der Waals surface area contributed by atoms with Gasteiger partial charge in [0.1, 0.15) is 5.78 Å². The van der Waals surface area contributed by atoms with E-state index in [4.69, 9.17) is 0 Å². The molecule has 4 aliphatic rings. The van der Waals surface area contributed by atoms with Crippen LogP contribution < -0.4 is 0 Å². The zero-order valence-corrected chi connectivity index (χ0v) is 9.98. The topological polar surface area (TPSA) is 34.1 Å². The molecule has 4 rings (SSSR count). The van der Waals surface area contributed by atoms with Crippen LogP contribution in [0.5, 0.6) is 0 Å². The third-order valence-electron chi connectivity index (χ3n) is 5.47. The van der Waals surface area contributed by atoms with Crippen LogP contribution in [0.4, 0.5) is 0 Å². The number of ketones is 2. The first-order chi connectivity index (χ1) is 8.13. The predicted octanol–water partition coefficient (Wildman–Crippen LogP) is 2.30. The van der Waals surface area contributed by atoms with Crippen molar-refractivity contribution in [2.75, 3.05) is 0 Å². The Bertz CT molecular complexity index is 493. The summed E-state index contributed by atoms with van der Waals surface area (Å²) in [6.07, 6.45) is 9.76. The second kappa shape index (κ2) is 2.80. The Morgan fingerprint density at radius 2 is 2.00 bits per heavy atom. The summed E-state index contributed by atoms with van der Waals surface area (Å²) in [6.45, 7) is 1.62. The Morgan fingerprint density at radius 1 is 1.29 bits per heavy atom. The highest BCUT2D eigenvalue weighted by Gasteiger charge is 2.65. The van der Waals surface area contributed by atoms with Gasteiger partial charge in [0, 0.05) is 11.8 Å². The van der Waals surface area contributed by atoms with E-state index in [0.717, 1.165) is 5.57 Å². The maximum Gasteiger partial charge on any atom is 0.155 e. The highest BCUT2D eigenvalue weighted by Crippen LogP contribution is 2.70. The number of rotatable bonds is 1. The second-order valence-corrected chi connectivity index (χ2v) is 6.16. The van der Waals surface area contributed by atoms with Crippen LogP contribution in [-0.4, -0.2) is 11.6 Å². The van der Waals surface area contributed by atoms with Gasteiger partial charge in [0.05, 0.1) is 0 Å². The van der Waals surface area contributed by atoms with Crippen molar-refractivity contribution < 1.29 is 9.59 Å². The molecule has 2 heteroatoms. The lowest BCUT2D eigenvalue weighted by molar-refractivity contribution is -0.134. The van der Waals surface area contributed by atoms with Crippen molar-refractivity contribution in [1.29, 1.82) is 0 Å². The highest BCUT2D eigenvalue weighted by atomic mass is 16.1. The summed E-state index contributed by atoms with van der Waals surface area (Å²) in [7, 11) is 0. The van der Waals surface area contributed by atoms with E-state index in [2.05, 4.69) is 12.2 Å². The molecule has 2 saturated carbocycles. The first-order valence-electron chi connectivity index (χ1n) is 6.57. The van der Waals surface area contributed by atoms with Gasteiger partial charge in [-0.15, -0.1) is 0 Å². The largest absolute Gasteiger partial charge is 0.299 e. The molecule has 4 aliphatic carbocycles. The molecule has 0 heterocycles. The number of hydrogen-bond acceptors (Lipinski definition) is 2. The summed E-state index contributed by atoms with van der Waals surface area (Å²) in [6, 6.07) is 0. The first-order valence-corrected chi connectivity index (χ1v) is 6.57. The van der Waals surface area contributed by atoms with E-state index in [1.54, 1.807) is 6.92 Å². The molecule has 0 N–H and O–H groups in total. The molecule has 0 aromatic rings. The van der Waals surface area contributed by atoms with Crippen LogP contribution in [0, 0.1) is 29.1 Å². The maximum atomic E-state index is 12.4. The summed E-state index contributed by atoms with van der Waals surface area (Å²) in [5, 5.41) is 0. The predicted molar refractivity (Wildman–Crippen MR) is 63.2 cm³/mol. The number of fused-ring (bicyclic) bond motifs is 4. The molecule has 17 heavy (non-hydrogen) atoms. The summed E-state index contributed by atoms with van der Waals surface area (Å²) in [5.41, 5.74) is 1.32. The third kappa shape index (κ3) is 1.02. The molecule has 4 atom stereocenters. The van der Waals surface area contributed by atoms with E-state index >= 15 is 0 Å². The Labute approximate surface area is 101 Å². The van der Waals surface area contributed by atoms with Crippen LogP contribution >= 0.6 is 0 Å². The lowest BCUT2D eigenvalue weighted by atomic mass is 9.58. The average molecular weight is 228 g/mol. The highest BCUT2D eigenvalue weighted by molar-refractivity contribution is 5.99. The minimum atomic E-state index is 0.00477. The molecule has 0 unspecified atom stereocenters. The Balaban J connectivity index is 1.84. The van der Waals surface area contributed by atoms with Crippen molar-refractivity contribution in [2.24, 2.45) is 29.1 Å². The fraction of sp³-hybridized carbons (Fsp3) is 0.600. The monoisotopic (exact) mass is 228 g/mol. The zero-order chi connectivity index (χ0) is 11.8. The molecule has 4 bridgehead atoms. The Hall–Kier alpha value is -1.18. The van der Waals surface area contributed by atoms with Gasteiger partial charge in [-0.1, -0.05) is 18.2 Å². The van der Waals surface area contributed by atoms with Crippen molar-refractivity contribution >= 4 is 11.6 Å². The average Bonchev–Trinajstić information content (AvgIpc) is 2.96. The molecule has 0 aromatic carbocycles. The fourth-order valence-electron chi connectivity index (χ4n) is 4.47. The Kier molecular flexibility index (Phi) is 1.61. The molecule has 0 saturated heterocycles. The molecule has 0 amide bonds. The SMILES string of the molecule is CC(=O)C1=C[C@H]2C(=O)[C@H](C1)[C@H]1C=C[C@@H]2C12CC2. The molecule has 0 radical (unpaired) electrons. The van der Waals surface area contributed by atoms with Gasteiger partial charge in [0.2, 0.25) is 0 Å². The number of Topliss-reactive ketones (excluding diaryl/α,β-unsaturated/α-hetero) is 2. The first kappa shape index (κ1) is 9.81. The molecule has 2 fully saturated rings. The van der Waals surface area contributed by atoms with Crippen LogP contribution in [0.3, 0.4) is 0 Å². The molecular weight excluding hydrogens is 212 g/mol. The van der Waals surface area contributed by atoms with Gasteiger partial charge >= 0.3 is 0 Å². The van der Waals surface area contributed by atoms with Gasteiger partial charge < -0.3 is 0 Å². The number of allylic oxidation sites excluding steroid dienone is 4. The van der Waals surface area contributed by atoms with E-state index in [-0.39, 0.29) is 17.6 Å². The quantitative estimate of drug-likeness (QED) is 0.645. The number of hydrogen-bond donors (Lipinski definition) is 0. The van der Waals surface area contributed by atoms with Gasteiger partial charge in [-0.25, -0.2) is 0 Å². The summed E-state index contributed by atoms with van der Waals surface area (Å²) >= 11 is 0. The molecule has 0 aromatic heterocycles. The Morgan fingerprint density at radius 3 is 2.65 bits per heavy atom. The summed E-state index contributed by atoms with van der Waals surface area (Å²) < 4.78 is 0. The van der Waals surface area contributed by atoms with Crippen LogP contribution in [0.25, 0.3) is 0 Å². The van der Waals surface area contributed by atoms with Gasteiger partial charge in [0.15, 0.2) is 5.78 Å². The van der Waals surface area contributed by atoms with Crippen molar-refractivity contribution in [2.45, 2.75) is 26.2 Å². The van der Waals surface area contributed by atoms with Crippen LogP contribution in [0.15, 0.2) is 23.8 Å². The smallest absolute Gasteiger partial charge is 0.155 e. The van der Waals surface area contributed by atoms with Crippen LogP contribution in [0.1, 0.15) is 26.2 Å². The van der Waals surface area contributed by atoms with Crippen molar-refractivity contribution in [3.63, 3.8) is 0 Å². The molecule has 88 valence electrons. The van der Waals surface area contributed by atoms with Crippen LogP contribution in [0.2, 0.25) is 0 Å². The molecule has 0 aliphatic heterocycles. The lowest BCUT2D eigenvalue weighted by Crippen LogP contribution is -2.46. The van der Waals surface area contributed by atoms with E-state index in [1.165, 1.54) is 12.8 Å². The van der Waals surface area contributed by atoms with Gasteiger partial charge in [0.25, 0.3) is 0 Å². The third-order valence-corrected chi connectivity index (χ3v) is 5.47. The maximum absolute atomic E-state index is 12.4. The van der Waals surface area contributed by atoms with E-state index in [1.807, 2.05) is 6.08 Å². The van der Waals surface area contributed by atoms with E-state index in [9.17, 15) is 9.59 Å². The minimum Gasteiger partial charge on any atom is -0.299 e. The van der Waals surface area contributed by atoms with Gasteiger partial charge in [-0.3, -0.25) is 9.59 Å².